The Morgan fingerprint density at radius 1 is 1.23 bits per heavy atom. The molecule has 10 heteroatoms. The summed E-state index contributed by atoms with van der Waals surface area (Å²) in [5, 5.41) is 3.13. The molecule has 0 aliphatic carbocycles. The molecule has 2 aromatic rings. The van der Waals surface area contributed by atoms with Gasteiger partial charge >= 0.3 is 5.97 Å². The third-order valence-electron chi connectivity index (χ3n) is 3.67. The molecule has 0 bridgehead atoms. The van der Waals surface area contributed by atoms with Gasteiger partial charge < -0.3 is 14.8 Å². The summed E-state index contributed by atoms with van der Waals surface area (Å²) in [6.45, 7) is 1.87. The predicted octanol–water partition coefficient (Wildman–Crippen LogP) is 4.87. The molecule has 1 saturated heterocycles. The molecule has 3 rings (SSSR count). The number of aliphatic imine (C=N–C) groups is 1. The summed E-state index contributed by atoms with van der Waals surface area (Å²) in [6.07, 6.45) is 1.76. The van der Waals surface area contributed by atoms with E-state index in [1.54, 1.807) is 13.0 Å². The van der Waals surface area contributed by atoms with Gasteiger partial charge in [-0.1, -0.05) is 0 Å². The SMILES string of the molecule is CCOC(=O)COc1c(I)cc(C=C2SC(=Nc3ccc(F)cc3)NC2=O)cc1I. The number of nitrogens with one attached hydrogen (secondary N) is 1. The maximum atomic E-state index is 13.0. The van der Waals surface area contributed by atoms with Crippen molar-refractivity contribution in [1.82, 2.24) is 5.32 Å². The molecule has 30 heavy (non-hydrogen) atoms. The summed E-state index contributed by atoms with van der Waals surface area (Å²) in [4.78, 5) is 28.6. The van der Waals surface area contributed by atoms with Crippen molar-refractivity contribution in [2.75, 3.05) is 13.2 Å². The Bertz CT molecular complexity index is 1020. The summed E-state index contributed by atoms with van der Waals surface area (Å²) in [5.41, 5.74) is 1.36. The maximum Gasteiger partial charge on any atom is 0.344 e. The quantitative estimate of drug-likeness (QED) is 0.274. The second-order valence-corrected chi connectivity index (χ2v) is 9.22. The third kappa shape index (κ3) is 6.17. The molecule has 1 amide bonds. The van der Waals surface area contributed by atoms with Gasteiger partial charge in [0.2, 0.25) is 0 Å². The van der Waals surface area contributed by atoms with E-state index < -0.39 is 5.97 Å². The lowest BCUT2D eigenvalue weighted by molar-refractivity contribution is -0.145. The molecule has 0 radical (unpaired) electrons. The summed E-state index contributed by atoms with van der Waals surface area (Å²) in [7, 11) is 0. The van der Waals surface area contributed by atoms with Gasteiger partial charge in [0.05, 0.1) is 24.3 Å². The number of carbonyl (C=O) groups is 2. The van der Waals surface area contributed by atoms with Crippen molar-refractivity contribution in [3.63, 3.8) is 0 Å². The van der Waals surface area contributed by atoms with Crippen LogP contribution in [0, 0.1) is 13.0 Å². The molecule has 1 heterocycles. The fourth-order valence-electron chi connectivity index (χ4n) is 2.40. The van der Waals surface area contributed by atoms with Crippen LogP contribution < -0.4 is 10.1 Å². The van der Waals surface area contributed by atoms with Crippen LogP contribution in [-0.2, 0) is 14.3 Å². The lowest BCUT2D eigenvalue weighted by Gasteiger charge is -2.11. The Morgan fingerprint density at radius 3 is 2.53 bits per heavy atom. The number of benzene rings is 2. The number of nitrogens with zero attached hydrogens (tertiary/aromatic N) is 1. The first-order valence-electron chi connectivity index (χ1n) is 8.68. The molecule has 156 valence electrons. The van der Waals surface area contributed by atoms with Crippen molar-refractivity contribution in [3.8, 4) is 5.75 Å². The van der Waals surface area contributed by atoms with Gasteiger partial charge in [-0.2, -0.15) is 0 Å². The topological polar surface area (TPSA) is 77.0 Å². The van der Waals surface area contributed by atoms with Crippen LogP contribution in [-0.4, -0.2) is 30.3 Å². The average molecular weight is 652 g/mol. The van der Waals surface area contributed by atoms with Crippen LogP contribution in [0.5, 0.6) is 5.75 Å². The van der Waals surface area contributed by atoms with Gasteiger partial charge in [0.1, 0.15) is 11.6 Å². The van der Waals surface area contributed by atoms with Gasteiger partial charge in [-0.15, -0.1) is 0 Å². The van der Waals surface area contributed by atoms with Crippen molar-refractivity contribution in [3.05, 3.63) is 59.8 Å². The standard InChI is InChI=1S/C20H15FI2N2O4S/c1-2-28-17(26)10-29-18-14(22)7-11(8-15(18)23)9-16-19(27)25-20(30-16)24-13-5-3-12(21)4-6-13/h3-9H,2,10H2,1H3,(H,24,25,27). The van der Waals surface area contributed by atoms with Gasteiger partial charge in [-0.3, -0.25) is 4.79 Å². The molecule has 0 aromatic heterocycles. The highest BCUT2D eigenvalue weighted by Crippen LogP contribution is 2.32. The number of hydrogen-bond acceptors (Lipinski definition) is 6. The number of hydrogen-bond donors (Lipinski definition) is 1. The number of amidine groups is 1. The van der Waals surface area contributed by atoms with Crippen molar-refractivity contribution in [2.45, 2.75) is 6.92 Å². The zero-order valence-corrected chi connectivity index (χ0v) is 20.7. The fraction of sp³-hybridized carbons (Fsp3) is 0.150. The minimum absolute atomic E-state index is 0.165. The summed E-state index contributed by atoms with van der Waals surface area (Å²) >= 11 is 5.45. The Labute approximate surface area is 204 Å². The van der Waals surface area contributed by atoms with Crippen LogP contribution in [0.15, 0.2) is 46.3 Å². The fourth-order valence-corrected chi connectivity index (χ4v) is 5.37. The van der Waals surface area contributed by atoms with Crippen LogP contribution in [0.1, 0.15) is 12.5 Å². The molecular formula is C20H15FI2N2O4S. The van der Waals surface area contributed by atoms with E-state index in [0.717, 1.165) is 12.7 Å². The number of esters is 1. The van der Waals surface area contributed by atoms with E-state index in [0.29, 0.717) is 28.1 Å². The predicted molar refractivity (Wildman–Crippen MR) is 131 cm³/mol. The van der Waals surface area contributed by atoms with E-state index in [2.05, 4.69) is 55.5 Å². The zero-order chi connectivity index (χ0) is 21.7. The number of thioether (sulfide) groups is 1. The lowest BCUT2D eigenvalue weighted by Crippen LogP contribution is -2.19. The molecule has 2 aromatic carbocycles. The van der Waals surface area contributed by atoms with Crippen molar-refractivity contribution >= 4 is 85.8 Å². The van der Waals surface area contributed by atoms with Crippen molar-refractivity contribution in [2.24, 2.45) is 4.99 Å². The maximum absolute atomic E-state index is 13.0. The molecule has 6 nitrogen and oxygen atoms in total. The number of carbonyl (C=O) groups excluding carboxylic acids is 2. The van der Waals surface area contributed by atoms with Crippen molar-refractivity contribution in [1.29, 1.82) is 0 Å². The molecule has 1 fully saturated rings. The average Bonchev–Trinajstić information content (AvgIpc) is 3.02. The molecule has 1 aliphatic rings. The Morgan fingerprint density at radius 2 is 1.90 bits per heavy atom. The normalized spacial score (nSPS) is 16.1. The van der Waals surface area contributed by atoms with Crippen LogP contribution in [0.2, 0.25) is 0 Å². The van der Waals surface area contributed by atoms with E-state index in [9.17, 15) is 14.0 Å². The highest BCUT2D eigenvalue weighted by Gasteiger charge is 2.24. The first kappa shape index (κ1) is 23.0. The van der Waals surface area contributed by atoms with Gasteiger partial charge in [-0.05, 0) is 112 Å². The highest BCUT2D eigenvalue weighted by atomic mass is 127. The second-order valence-electron chi connectivity index (χ2n) is 5.87. The van der Waals surface area contributed by atoms with Gasteiger partial charge in [0, 0.05) is 0 Å². The third-order valence-corrected chi connectivity index (χ3v) is 6.18. The monoisotopic (exact) mass is 652 g/mol. The Balaban J connectivity index is 1.75. The lowest BCUT2D eigenvalue weighted by atomic mass is 10.2. The molecule has 1 N–H and O–H groups in total. The molecule has 0 unspecified atom stereocenters. The van der Waals surface area contributed by atoms with Gasteiger partial charge in [0.25, 0.3) is 5.91 Å². The van der Waals surface area contributed by atoms with E-state index in [-0.39, 0.29) is 18.3 Å². The zero-order valence-electron chi connectivity index (χ0n) is 15.6. The Kier molecular flexibility index (Phi) is 8.11. The number of amides is 1. The second kappa shape index (κ2) is 10.6. The summed E-state index contributed by atoms with van der Waals surface area (Å²) in [6, 6.07) is 9.42. The van der Waals surface area contributed by atoms with Crippen molar-refractivity contribution < 1.29 is 23.5 Å². The van der Waals surface area contributed by atoms with Crippen LogP contribution in [0.4, 0.5) is 10.1 Å². The Hall–Kier alpha value is -1.67. The smallest absolute Gasteiger partial charge is 0.344 e. The van der Waals surface area contributed by atoms with Crippen LogP contribution in [0.3, 0.4) is 0 Å². The van der Waals surface area contributed by atoms with E-state index >= 15 is 0 Å². The van der Waals surface area contributed by atoms with E-state index in [1.165, 1.54) is 36.0 Å². The molecular weight excluding hydrogens is 637 g/mol. The first-order chi connectivity index (χ1) is 14.4. The number of halogens is 3. The van der Waals surface area contributed by atoms with E-state index in [4.69, 9.17) is 9.47 Å². The minimum atomic E-state index is -0.428. The minimum Gasteiger partial charge on any atom is -0.480 e. The molecule has 0 atom stereocenters. The number of ether oxygens (including phenoxy) is 2. The van der Waals surface area contributed by atoms with Gasteiger partial charge in [0.15, 0.2) is 11.8 Å². The molecule has 0 saturated carbocycles. The molecule has 1 aliphatic heterocycles. The first-order valence-corrected chi connectivity index (χ1v) is 11.7. The summed E-state index contributed by atoms with van der Waals surface area (Å²) in [5.74, 6) is -0.439. The highest BCUT2D eigenvalue weighted by molar-refractivity contribution is 14.1. The number of rotatable bonds is 6. The van der Waals surface area contributed by atoms with Crippen LogP contribution >= 0.6 is 56.9 Å². The van der Waals surface area contributed by atoms with Crippen LogP contribution in [0.25, 0.3) is 6.08 Å². The molecule has 0 spiro atoms. The van der Waals surface area contributed by atoms with Gasteiger partial charge in [-0.25, -0.2) is 14.2 Å². The summed E-state index contributed by atoms with van der Waals surface area (Å²) < 4.78 is 25.1. The van der Waals surface area contributed by atoms with E-state index in [1.807, 2.05) is 12.1 Å². The largest absolute Gasteiger partial charge is 0.480 e.